The van der Waals surface area contributed by atoms with Crippen LogP contribution in [0.5, 0.6) is 0 Å². The Morgan fingerprint density at radius 3 is 2.52 bits per heavy atom. The summed E-state index contributed by atoms with van der Waals surface area (Å²) in [6.45, 7) is 0. The number of nitrogens with two attached hydrogens (primary N) is 2. The summed E-state index contributed by atoms with van der Waals surface area (Å²) in [6, 6.07) is 7.18. The number of rotatable bonds is 4. The molecule has 0 atom stereocenters. The molecule has 5 N–H and O–H groups in total. The van der Waals surface area contributed by atoms with Crippen molar-refractivity contribution in [1.82, 2.24) is 0 Å². The van der Waals surface area contributed by atoms with Gasteiger partial charge in [-0.3, -0.25) is 9.59 Å². The van der Waals surface area contributed by atoms with E-state index in [0.29, 0.717) is 16.3 Å². The molecule has 0 aliphatic heterocycles. The van der Waals surface area contributed by atoms with E-state index in [-0.39, 0.29) is 12.3 Å². The van der Waals surface area contributed by atoms with Crippen LogP contribution in [-0.2, 0) is 24.1 Å². The zero-order valence-corrected chi connectivity index (χ0v) is 13.5. The van der Waals surface area contributed by atoms with Crippen molar-refractivity contribution in [1.29, 1.82) is 0 Å². The Morgan fingerprint density at radius 2 is 1.83 bits per heavy atom. The first-order valence-corrected chi connectivity index (χ1v) is 8.45. The minimum Gasteiger partial charge on any atom is -0.399 e. The molecular weight excluding hydrogens is 310 g/mol. The Labute approximate surface area is 138 Å². The molecular formula is C17H19N3O2S. The summed E-state index contributed by atoms with van der Waals surface area (Å²) in [5.74, 6) is -0.622. The number of nitrogens with one attached hydrogen (secondary N) is 1. The lowest BCUT2D eigenvalue weighted by Gasteiger charge is -2.11. The number of amides is 2. The molecule has 1 aliphatic carbocycles. The minimum atomic E-state index is -0.466. The molecule has 1 heterocycles. The fraction of sp³-hybridized carbons (Fsp3) is 0.294. The van der Waals surface area contributed by atoms with Crippen LogP contribution >= 0.6 is 11.3 Å². The number of primary amides is 1. The maximum Gasteiger partial charge on any atom is 0.251 e. The summed E-state index contributed by atoms with van der Waals surface area (Å²) in [4.78, 5) is 25.2. The van der Waals surface area contributed by atoms with Crippen molar-refractivity contribution in [3.8, 4) is 0 Å². The van der Waals surface area contributed by atoms with Crippen molar-refractivity contribution in [3.05, 3.63) is 45.8 Å². The fourth-order valence-electron chi connectivity index (χ4n) is 2.91. The van der Waals surface area contributed by atoms with E-state index in [1.165, 1.54) is 16.2 Å². The zero-order chi connectivity index (χ0) is 16.4. The largest absolute Gasteiger partial charge is 0.399 e. The number of anilines is 2. The lowest BCUT2D eigenvalue weighted by molar-refractivity contribution is -0.115. The highest BCUT2D eigenvalue weighted by Gasteiger charge is 2.24. The second-order valence-electron chi connectivity index (χ2n) is 5.75. The molecule has 120 valence electrons. The number of aryl methyl sites for hydroxylation is 1. The van der Waals surface area contributed by atoms with Gasteiger partial charge in [-0.15, -0.1) is 11.3 Å². The normalized spacial score (nSPS) is 13.4. The van der Waals surface area contributed by atoms with Gasteiger partial charge in [-0.25, -0.2) is 0 Å². The molecule has 5 nitrogen and oxygen atoms in total. The molecule has 0 saturated carbocycles. The van der Waals surface area contributed by atoms with Gasteiger partial charge in [-0.1, -0.05) is 12.1 Å². The van der Waals surface area contributed by atoms with E-state index in [2.05, 4.69) is 5.32 Å². The maximum absolute atomic E-state index is 12.3. The molecule has 0 bridgehead atoms. The molecule has 6 heteroatoms. The monoisotopic (exact) mass is 329 g/mol. The summed E-state index contributed by atoms with van der Waals surface area (Å²) < 4.78 is 0. The third-order valence-electron chi connectivity index (χ3n) is 4.02. The van der Waals surface area contributed by atoms with Crippen LogP contribution in [0.25, 0.3) is 0 Å². The van der Waals surface area contributed by atoms with Crippen molar-refractivity contribution in [2.45, 2.75) is 32.1 Å². The van der Waals surface area contributed by atoms with Crippen LogP contribution in [0.1, 0.15) is 39.2 Å². The highest BCUT2D eigenvalue weighted by atomic mass is 32.1. The first kappa shape index (κ1) is 15.6. The van der Waals surface area contributed by atoms with Crippen LogP contribution in [0.2, 0.25) is 0 Å². The van der Waals surface area contributed by atoms with Gasteiger partial charge in [-0.05, 0) is 48.9 Å². The van der Waals surface area contributed by atoms with Crippen molar-refractivity contribution < 1.29 is 9.59 Å². The topological polar surface area (TPSA) is 98.2 Å². The number of carbonyl (C=O) groups excluding carboxylic acids is 2. The van der Waals surface area contributed by atoms with Gasteiger partial charge in [0, 0.05) is 10.6 Å². The van der Waals surface area contributed by atoms with Gasteiger partial charge in [0.2, 0.25) is 5.91 Å². The quantitative estimate of drug-likeness (QED) is 0.752. The summed E-state index contributed by atoms with van der Waals surface area (Å²) in [5, 5.41) is 3.45. The van der Waals surface area contributed by atoms with Crippen molar-refractivity contribution >= 4 is 33.8 Å². The first-order valence-electron chi connectivity index (χ1n) is 7.63. The Balaban J connectivity index is 1.79. The second kappa shape index (κ2) is 6.42. The highest BCUT2D eigenvalue weighted by Crippen LogP contribution is 2.37. The SMILES string of the molecule is NC(=O)c1c(NC(=O)Cc2ccc(N)cc2)sc2c1CCCC2. The van der Waals surface area contributed by atoms with Gasteiger partial charge >= 0.3 is 0 Å². The van der Waals surface area contributed by atoms with E-state index in [4.69, 9.17) is 11.5 Å². The Morgan fingerprint density at radius 1 is 1.13 bits per heavy atom. The van der Waals surface area contributed by atoms with Crippen LogP contribution < -0.4 is 16.8 Å². The van der Waals surface area contributed by atoms with Crippen LogP contribution in [0.15, 0.2) is 24.3 Å². The molecule has 2 aromatic rings. The number of fused-ring (bicyclic) bond motifs is 1. The summed E-state index contributed by atoms with van der Waals surface area (Å²) in [7, 11) is 0. The van der Waals surface area contributed by atoms with Crippen LogP contribution in [0.3, 0.4) is 0 Å². The molecule has 2 amide bonds. The van der Waals surface area contributed by atoms with Gasteiger partial charge in [0.1, 0.15) is 5.00 Å². The average molecular weight is 329 g/mol. The molecule has 3 rings (SSSR count). The molecule has 0 radical (unpaired) electrons. The van der Waals surface area contributed by atoms with Crippen LogP contribution in [0.4, 0.5) is 10.7 Å². The van der Waals surface area contributed by atoms with Crippen LogP contribution in [0, 0.1) is 0 Å². The number of thiophene rings is 1. The van der Waals surface area contributed by atoms with Crippen molar-refractivity contribution in [2.75, 3.05) is 11.1 Å². The van der Waals surface area contributed by atoms with Crippen molar-refractivity contribution in [3.63, 3.8) is 0 Å². The molecule has 0 unspecified atom stereocenters. The first-order chi connectivity index (χ1) is 11.0. The Kier molecular flexibility index (Phi) is 4.34. The zero-order valence-electron chi connectivity index (χ0n) is 12.7. The van der Waals surface area contributed by atoms with Gasteiger partial charge in [-0.2, -0.15) is 0 Å². The van der Waals surface area contributed by atoms with E-state index < -0.39 is 5.91 Å². The lowest BCUT2D eigenvalue weighted by atomic mass is 9.95. The third-order valence-corrected chi connectivity index (χ3v) is 5.22. The van der Waals surface area contributed by atoms with E-state index in [1.807, 2.05) is 12.1 Å². The van der Waals surface area contributed by atoms with E-state index in [1.54, 1.807) is 12.1 Å². The van der Waals surface area contributed by atoms with Crippen LogP contribution in [-0.4, -0.2) is 11.8 Å². The predicted octanol–water partition coefficient (Wildman–Crippen LogP) is 2.49. The predicted molar refractivity (Wildman–Crippen MR) is 92.7 cm³/mol. The van der Waals surface area contributed by atoms with Crippen molar-refractivity contribution in [2.24, 2.45) is 5.73 Å². The number of nitrogen functional groups attached to an aromatic ring is 1. The number of carbonyl (C=O) groups is 2. The van der Waals surface area contributed by atoms with E-state index in [9.17, 15) is 9.59 Å². The Bertz CT molecular complexity index is 750. The van der Waals surface area contributed by atoms with E-state index in [0.717, 1.165) is 36.8 Å². The summed E-state index contributed by atoms with van der Waals surface area (Å²) in [5.41, 5.74) is 14.2. The number of benzene rings is 1. The van der Waals surface area contributed by atoms with Gasteiger partial charge in [0.15, 0.2) is 0 Å². The molecule has 0 saturated heterocycles. The standard InChI is InChI=1S/C17H19N3O2S/c18-11-7-5-10(6-8-11)9-14(21)20-17-15(16(19)22)12-3-1-2-4-13(12)23-17/h5-8H,1-4,9,18H2,(H2,19,22)(H,20,21). The molecule has 1 aromatic heterocycles. The minimum absolute atomic E-state index is 0.157. The fourth-order valence-corrected chi connectivity index (χ4v) is 4.22. The summed E-state index contributed by atoms with van der Waals surface area (Å²) in [6.07, 6.45) is 4.22. The molecule has 23 heavy (non-hydrogen) atoms. The maximum atomic E-state index is 12.3. The second-order valence-corrected chi connectivity index (χ2v) is 6.85. The third kappa shape index (κ3) is 3.37. The molecule has 1 aromatic carbocycles. The Hall–Kier alpha value is -2.34. The smallest absolute Gasteiger partial charge is 0.251 e. The number of hydrogen-bond donors (Lipinski definition) is 3. The lowest BCUT2D eigenvalue weighted by Crippen LogP contribution is -2.19. The van der Waals surface area contributed by atoms with Gasteiger partial charge < -0.3 is 16.8 Å². The average Bonchev–Trinajstić information content (AvgIpc) is 2.87. The molecule has 0 spiro atoms. The van der Waals surface area contributed by atoms with Gasteiger partial charge in [0.05, 0.1) is 12.0 Å². The molecule has 1 aliphatic rings. The van der Waals surface area contributed by atoms with E-state index >= 15 is 0 Å². The summed E-state index contributed by atoms with van der Waals surface area (Å²) >= 11 is 1.48. The van der Waals surface area contributed by atoms with Gasteiger partial charge in [0.25, 0.3) is 5.91 Å². The highest BCUT2D eigenvalue weighted by molar-refractivity contribution is 7.17. The molecule has 0 fully saturated rings. The number of hydrogen-bond acceptors (Lipinski definition) is 4.